The molecular formula is C41H45Cl2N6O8Si. The summed E-state index contributed by atoms with van der Waals surface area (Å²) in [4.78, 5) is 54.7. The van der Waals surface area contributed by atoms with Gasteiger partial charge in [-0.25, -0.2) is 0 Å². The third-order valence-electron chi connectivity index (χ3n) is 9.87. The number of hydrogen-bond donors (Lipinski definition) is 4. The van der Waals surface area contributed by atoms with Crippen molar-refractivity contribution < 1.29 is 29.3 Å². The van der Waals surface area contributed by atoms with Gasteiger partial charge >= 0.3 is 14.9 Å². The van der Waals surface area contributed by atoms with Crippen LogP contribution in [0.25, 0.3) is 44.4 Å². The van der Waals surface area contributed by atoms with Gasteiger partial charge in [-0.05, 0) is 39.8 Å². The van der Waals surface area contributed by atoms with Crippen LogP contribution in [0, 0.1) is 13.8 Å². The molecule has 0 spiro atoms. The summed E-state index contributed by atoms with van der Waals surface area (Å²) >= 11 is 14.3. The van der Waals surface area contributed by atoms with Gasteiger partial charge in [0.25, 0.3) is 16.7 Å². The highest BCUT2D eigenvalue weighted by Gasteiger charge is 2.23. The average molecular weight is 849 g/mol. The molecular weight excluding hydrogens is 803 g/mol. The molecule has 0 saturated heterocycles. The van der Waals surface area contributed by atoms with Crippen LogP contribution in [0.4, 0.5) is 4.79 Å². The maximum absolute atomic E-state index is 13.7. The average Bonchev–Trinajstić information content (AvgIpc) is 3.82. The van der Waals surface area contributed by atoms with Crippen molar-refractivity contribution >= 4 is 54.8 Å². The molecule has 2 aromatic carbocycles. The highest BCUT2D eigenvalue weighted by atomic mass is 35.5. The Kier molecular flexibility index (Phi) is 13.7. The maximum atomic E-state index is 13.7. The standard InChI is InChI=1S/C41H45Cl2N6O8Si/c1-5-56-40(54)33(23-50)44-13-15-48-25(3)19-46-21-27(17-34(46)38(48)52)29-9-7-11-31(36(29)42)32-12-8-10-30(37(32)43)28-18-35-39(53)49(26(4)20-47(35)22-28)16-14-45-58(24-51)41(55)57-6-2/h7-12,17-22,33,44-45,50-51H,5-6,13-16,23-24H2,1-4H3/t33-/m0/s1. The first-order valence-corrected chi connectivity index (χ1v) is 21.3. The fourth-order valence-electron chi connectivity index (χ4n) is 6.98. The van der Waals surface area contributed by atoms with E-state index in [4.69, 9.17) is 32.7 Å². The third-order valence-corrected chi connectivity index (χ3v) is 12.3. The Labute approximate surface area is 345 Å². The lowest BCUT2D eigenvalue weighted by Crippen LogP contribution is -2.47. The number of rotatable bonds is 17. The third kappa shape index (κ3) is 8.71. The largest absolute Gasteiger partial charge is 0.469 e. The molecule has 14 nitrogen and oxygen atoms in total. The van der Waals surface area contributed by atoms with E-state index in [1.165, 1.54) is 0 Å². The predicted octanol–water partition coefficient (Wildman–Crippen LogP) is 4.80. The highest BCUT2D eigenvalue weighted by Crippen LogP contribution is 2.42. The van der Waals surface area contributed by atoms with Gasteiger partial charge in [-0.3, -0.25) is 19.2 Å². The van der Waals surface area contributed by atoms with E-state index in [0.717, 1.165) is 11.1 Å². The number of aliphatic hydroxyl groups excluding tert-OH is 2. The van der Waals surface area contributed by atoms with Crippen LogP contribution in [0.2, 0.25) is 10.0 Å². The number of ether oxygens (including phenoxy) is 2. The maximum Gasteiger partial charge on any atom is 0.325 e. The number of fused-ring (bicyclic) bond motifs is 2. The molecule has 4 heterocycles. The van der Waals surface area contributed by atoms with Crippen LogP contribution in [-0.2, 0) is 27.4 Å². The number of benzene rings is 2. The fourth-order valence-corrected chi connectivity index (χ4v) is 8.77. The van der Waals surface area contributed by atoms with Gasteiger partial charge in [0.1, 0.15) is 17.1 Å². The van der Waals surface area contributed by atoms with Crippen molar-refractivity contribution in [3.63, 3.8) is 0 Å². The smallest absolute Gasteiger partial charge is 0.325 e. The summed E-state index contributed by atoms with van der Waals surface area (Å²) in [5.41, 5.74) is 5.62. The van der Waals surface area contributed by atoms with E-state index in [1.807, 2.05) is 75.0 Å². The van der Waals surface area contributed by atoms with Crippen molar-refractivity contribution in [3.05, 3.63) is 115 Å². The van der Waals surface area contributed by atoms with E-state index >= 15 is 0 Å². The van der Waals surface area contributed by atoms with E-state index in [-0.39, 0.29) is 50.2 Å². The Hall–Kier alpha value is -5.00. The molecule has 0 bridgehead atoms. The second kappa shape index (κ2) is 18.7. The Balaban J connectivity index is 1.26. The van der Waals surface area contributed by atoms with Gasteiger partial charge in [0.2, 0.25) is 0 Å². The first-order valence-electron chi connectivity index (χ1n) is 18.8. The van der Waals surface area contributed by atoms with Crippen LogP contribution in [0.3, 0.4) is 0 Å². The van der Waals surface area contributed by atoms with Gasteiger partial charge in [0.15, 0.2) is 0 Å². The molecule has 17 heteroatoms. The Morgan fingerprint density at radius 2 is 1.22 bits per heavy atom. The number of nitrogens with zero attached hydrogens (tertiary/aromatic N) is 4. The van der Waals surface area contributed by atoms with Gasteiger partial charge in [0.05, 0.1) is 36.1 Å². The molecule has 4 aromatic heterocycles. The Bertz CT molecular complexity index is 2420. The number of aliphatic hydroxyl groups is 2. The van der Waals surface area contributed by atoms with Crippen LogP contribution >= 0.6 is 23.2 Å². The molecule has 0 saturated carbocycles. The number of aromatic nitrogens is 4. The number of esters is 1. The first-order chi connectivity index (χ1) is 27.9. The summed E-state index contributed by atoms with van der Waals surface area (Å²) in [6.07, 6.45) is 7.08. The van der Waals surface area contributed by atoms with Gasteiger partial charge in [-0.15, -0.1) is 0 Å². The van der Waals surface area contributed by atoms with Crippen LogP contribution in [0.15, 0.2) is 82.9 Å². The van der Waals surface area contributed by atoms with Gasteiger partial charge in [0, 0.05) is 95.7 Å². The number of halogens is 2. The minimum Gasteiger partial charge on any atom is -0.469 e. The zero-order chi connectivity index (χ0) is 41.7. The monoisotopic (exact) mass is 847 g/mol. The second-order valence-corrected chi connectivity index (χ2v) is 16.3. The van der Waals surface area contributed by atoms with Crippen molar-refractivity contribution in [2.45, 2.75) is 46.8 Å². The summed E-state index contributed by atoms with van der Waals surface area (Å²) in [6, 6.07) is 14.0. The fraction of sp³-hybridized carbons (Fsp3) is 0.317. The van der Waals surface area contributed by atoms with Crippen molar-refractivity contribution in [2.24, 2.45) is 0 Å². The molecule has 1 radical (unpaired) electrons. The quantitative estimate of drug-likeness (QED) is 0.0739. The Morgan fingerprint density at radius 1 is 0.741 bits per heavy atom. The molecule has 4 N–H and O–H groups in total. The predicted molar refractivity (Wildman–Crippen MR) is 226 cm³/mol. The molecule has 1 atom stereocenters. The van der Waals surface area contributed by atoms with Gasteiger partial charge < -0.3 is 47.9 Å². The van der Waals surface area contributed by atoms with Crippen LogP contribution in [0.5, 0.6) is 0 Å². The number of carbonyl (C=O) groups excluding carboxylic acids is 2. The summed E-state index contributed by atoms with van der Waals surface area (Å²) < 4.78 is 16.8. The van der Waals surface area contributed by atoms with Crippen molar-refractivity contribution in [1.82, 2.24) is 28.2 Å². The molecule has 0 unspecified atom stereocenters. The number of nitrogens with one attached hydrogen (secondary N) is 2. The molecule has 305 valence electrons. The van der Waals surface area contributed by atoms with E-state index in [0.29, 0.717) is 61.3 Å². The van der Waals surface area contributed by atoms with E-state index < -0.39 is 33.2 Å². The number of aryl methyl sites for hydroxylation is 2. The SMILES string of the molecule is CCOC(=O)[C@H](CO)NCCn1c(C)cn2cc(-c3cccc(-c4cccc(-c5cc6c(=O)n(CCN[Si](CO)C(=O)OCC)c(C)cn6c5)c4Cl)c3Cl)cc2c1=O. The number of carbonyl (C=O) groups is 2. The minimum absolute atomic E-state index is 0.197. The summed E-state index contributed by atoms with van der Waals surface area (Å²) in [7, 11) is -2.00. The lowest BCUT2D eigenvalue weighted by atomic mass is 9.97. The zero-order valence-corrected chi connectivity index (χ0v) is 35.1. The summed E-state index contributed by atoms with van der Waals surface area (Å²) in [5, 5.41) is 23.1. The summed E-state index contributed by atoms with van der Waals surface area (Å²) in [5.74, 6) is -0.553. The lowest BCUT2D eigenvalue weighted by Gasteiger charge is -2.16. The molecule has 58 heavy (non-hydrogen) atoms. The van der Waals surface area contributed by atoms with E-state index in [1.54, 1.807) is 43.9 Å². The van der Waals surface area contributed by atoms with E-state index in [9.17, 15) is 29.4 Å². The van der Waals surface area contributed by atoms with Crippen LogP contribution < -0.4 is 21.4 Å². The molecule has 0 amide bonds. The minimum atomic E-state index is -2.00. The second-order valence-electron chi connectivity index (χ2n) is 13.6. The highest BCUT2D eigenvalue weighted by molar-refractivity contribution is 6.86. The zero-order valence-electron chi connectivity index (χ0n) is 32.6. The first kappa shape index (κ1) is 42.6. The van der Waals surface area contributed by atoms with Gasteiger partial charge in [-0.2, -0.15) is 0 Å². The van der Waals surface area contributed by atoms with Gasteiger partial charge in [-0.1, -0.05) is 59.6 Å². The molecule has 0 fully saturated rings. The normalized spacial score (nSPS) is 12.2. The van der Waals surface area contributed by atoms with Crippen molar-refractivity contribution in [1.29, 1.82) is 0 Å². The molecule has 6 rings (SSSR count). The van der Waals surface area contributed by atoms with Crippen molar-refractivity contribution in [2.75, 3.05) is 39.1 Å². The van der Waals surface area contributed by atoms with Crippen LogP contribution in [0.1, 0.15) is 25.2 Å². The summed E-state index contributed by atoms with van der Waals surface area (Å²) in [6.45, 7) is 8.15. The molecule has 0 aliphatic heterocycles. The Morgan fingerprint density at radius 3 is 1.69 bits per heavy atom. The van der Waals surface area contributed by atoms with E-state index in [2.05, 4.69) is 10.3 Å². The number of hydrogen-bond acceptors (Lipinski definition) is 10. The van der Waals surface area contributed by atoms with Crippen LogP contribution in [-0.4, -0.2) is 93.9 Å². The topological polar surface area (TPSA) is 170 Å². The molecule has 6 aromatic rings. The molecule has 0 aliphatic rings. The molecule has 0 aliphatic carbocycles. The van der Waals surface area contributed by atoms with Crippen molar-refractivity contribution in [3.8, 4) is 33.4 Å². The lowest BCUT2D eigenvalue weighted by molar-refractivity contribution is -0.146.